The molecule has 2 rings (SSSR count). The highest BCUT2D eigenvalue weighted by atomic mass is 32.2. The van der Waals surface area contributed by atoms with E-state index in [1.54, 1.807) is 20.9 Å². The third-order valence-corrected chi connectivity index (χ3v) is 6.24. The first-order valence-corrected chi connectivity index (χ1v) is 7.50. The Morgan fingerprint density at radius 3 is 2.39 bits per heavy atom. The van der Waals surface area contributed by atoms with Gasteiger partial charge in [0.25, 0.3) is 0 Å². The molecule has 0 saturated heterocycles. The van der Waals surface area contributed by atoms with Crippen LogP contribution in [-0.4, -0.2) is 42.1 Å². The van der Waals surface area contributed by atoms with Gasteiger partial charge in [-0.1, -0.05) is 0 Å². The molecule has 0 amide bonds. The van der Waals surface area contributed by atoms with Crippen molar-refractivity contribution in [2.24, 2.45) is 5.73 Å². The van der Waals surface area contributed by atoms with Crippen molar-refractivity contribution < 1.29 is 8.42 Å². The number of hydrogen-bond donors (Lipinski definition) is 2. The maximum Gasteiger partial charge on any atom is 0.247 e. The lowest BCUT2D eigenvalue weighted by Gasteiger charge is -2.47. The van der Waals surface area contributed by atoms with Gasteiger partial charge in [0, 0.05) is 19.1 Å². The Labute approximate surface area is 108 Å². The van der Waals surface area contributed by atoms with Gasteiger partial charge in [0.05, 0.1) is 11.4 Å². The largest absolute Gasteiger partial charge is 0.329 e. The van der Waals surface area contributed by atoms with Gasteiger partial charge in [0.2, 0.25) is 10.0 Å². The summed E-state index contributed by atoms with van der Waals surface area (Å²) in [4.78, 5) is 0.282. The van der Waals surface area contributed by atoms with Gasteiger partial charge in [-0.2, -0.15) is 9.40 Å². The highest BCUT2D eigenvalue weighted by Gasteiger charge is 2.46. The summed E-state index contributed by atoms with van der Waals surface area (Å²) < 4.78 is 26.7. The fraction of sp³-hybridized carbons (Fsp3) is 0.727. The molecule has 18 heavy (non-hydrogen) atoms. The van der Waals surface area contributed by atoms with Crippen molar-refractivity contribution in [1.29, 1.82) is 0 Å². The lowest BCUT2D eigenvalue weighted by atomic mass is 9.77. The molecule has 6 nitrogen and oxygen atoms in total. The van der Waals surface area contributed by atoms with Gasteiger partial charge in [-0.3, -0.25) is 5.10 Å². The Morgan fingerprint density at radius 1 is 1.44 bits per heavy atom. The maximum absolute atomic E-state index is 12.6. The highest BCUT2D eigenvalue weighted by Crippen LogP contribution is 2.39. The van der Waals surface area contributed by atoms with Crippen LogP contribution >= 0.6 is 0 Å². The molecule has 0 radical (unpaired) electrons. The monoisotopic (exact) mass is 272 g/mol. The second kappa shape index (κ2) is 4.32. The Bertz CT molecular complexity index is 520. The molecule has 1 aliphatic rings. The molecule has 0 aliphatic heterocycles. The van der Waals surface area contributed by atoms with E-state index < -0.39 is 15.6 Å². The average molecular weight is 272 g/mol. The lowest BCUT2D eigenvalue weighted by Crippen LogP contribution is -2.58. The van der Waals surface area contributed by atoms with Gasteiger partial charge in [0.1, 0.15) is 4.90 Å². The van der Waals surface area contributed by atoms with E-state index in [-0.39, 0.29) is 4.90 Å². The number of rotatable bonds is 4. The summed E-state index contributed by atoms with van der Waals surface area (Å²) in [6, 6.07) is 0. The number of aryl methyl sites for hydroxylation is 2. The summed E-state index contributed by atoms with van der Waals surface area (Å²) in [5.41, 5.74) is 6.44. The van der Waals surface area contributed by atoms with E-state index in [2.05, 4.69) is 10.2 Å². The van der Waals surface area contributed by atoms with Crippen LogP contribution in [0.25, 0.3) is 0 Å². The fourth-order valence-corrected chi connectivity index (χ4v) is 4.44. The first kappa shape index (κ1) is 13.5. The number of aromatic amines is 1. The predicted molar refractivity (Wildman–Crippen MR) is 68.6 cm³/mol. The summed E-state index contributed by atoms with van der Waals surface area (Å²) in [5, 5.41) is 6.67. The summed E-state index contributed by atoms with van der Waals surface area (Å²) in [6.45, 7) is 3.77. The fourth-order valence-electron chi connectivity index (χ4n) is 2.55. The van der Waals surface area contributed by atoms with Crippen LogP contribution in [0.15, 0.2) is 4.90 Å². The SMILES string of the molecule is Cc1n[nH]c(C)c1S(=O)(=O)N(C)C1(CN)CCC1. The molecule has 1 aromatic heterocycles. The zero-order valence-corrected chi connectivity index (χ0v) is 11.8. The predicted octanol–water partition coefficient (Wildman–Crippen LogP) is 0.528. The minimum atomic E-state index is -3.53. The average Bonchev–Trinajstić information content (AvgIpc) is 2.58. The molecule has 1 aliphatic carbocycles. The molecule has 0 aromatic carbocycles. The van der Waals surface area contributed by atoms with Gasteiger partial charge in [-0.05, 0) is 33.1 Å². The van der Waals surface area contributed by atoms with Crippen molar-refractivity contribution in [2.45, 2.75) is 43.5 Å². The number of H-pyrrole nitrogens is 1. The quantitative estimate of drug-likeness (QED) is 0.836. The van der Waals surface area contributed by atoms with Crippen LogP contribution < -0.4 is 5.73 Å². The Balaban J connectivity index is 2.43. The van der Waals surface area contributed by atoms with Crippen LogP contribution in [0.1, 0.15) is 30.7 Å². The molecular weight excluding hydrogens is 252 g/mol. The van der Waals surface area contributed by atoms with Gasteiger partial charge in [-0.15, -0.1) is 0 Å². The van der Waals surface area contributed by atoms with Gasteiger partial charge >= 0.3 is 0 Å². The highest BCUT2D eigenvalue weighted by molar-refractivity contribution is 7.89. The molecule has 1 heterocycles. The first-order valence-electron chi connectivity index (χ1n) is 6.06. The third-order valence-electron chi connectivity index (χ3n) is 4.01. The summed E-state index contributed by atoms with van der Waals surface area (Å²) in [5.74, 6) is 0. The number of nitrogens with zero attached hydrogens (tertiary/aromatic N) is 2. The number of aromatic nitrogens is 2. The third kappa shape index (κ3) is 1.77. The smallest absolute Gasteiger partial charge is 0.247 e. The molecule has 3 N–H and O–H groups in total. The van der Waals surface area contributed by atoms with E-state index in [0.717, 1.165) is 19.3 Å². The van der Waals surface area contributed by atoms with E-state index in [9.17, 15) is 8.42 Å². The molecular formula is C11H20N4O2S. The minimum absolute atomic E-state index is 0.282. The number of likely N-dealkylation sites (N-methyl/N-ethyl adjacent to an activating group) is 1. The van der Waals surface area contributed by atoms with Crippen molar-refractivity contribution in [3.63, 3.8) is 0 Å². The number of nitrogens with two attached hydrogens (primary N) is 1. The molecule has 1 saturated carbocycles. The van der Waals surface area contributed by atoms with Gasteiger partial charge < -0.3 is 5.73 Å². The molecule has 0 bridgehead atoms. The standard InChI is InChI=1S/C11H20N4O2S/c1-8-10(9(2)14-13-8)18(16,17)15(3)11(7-12)5-4-6-11/h4-7,12H2,1-3H3,(H,13,14). The topological polar surface area (TPSA) is 92.1 Å². The second-order valence-corrected chi connectivity index (χ2v) is 6.92. The second-order valence-electron chi connectivity index (χ2n) is 5.02. The van der Waals surface area contributed by atoms with Crippen LogP contribution in [0.5, 0.6) is 0 Å². The first-order chi connectivity index (χ1) is 8.35. The molecule has 102 valence electrons. The minimum Gasteiger partial charge on any atom is -0.329 e. The van der Waals surface area contributed by atoms with E-state index in [1.165, 1.54) is 4.31 Å². The number of nitrogens with one attached hydrogen (secondary N) is 1. The molecule has 0 unspecified atom stereocenters. The van der Waals surface area contributed by atoms with Crippen molar-refractivity contribution in [3.05, 3.63) is 11.4 Å². The Kier molecular flexibility index (Phi) is 3.25. The van der Waals surface area contributed by atoms with Gasteiger partial charge in [-0.25, -0.2) is 8.42 Å². The van der Waals surface area contributed by atoms with Crippen molar-refractivity contribution >= 4 is 10.0 Å². The maximum atomic E-state index is 12.6. The zero-order valence-electron chi connectivity index (χ0n) is 11.0. The van der Waals surface area contributed by atoms with Crippen LogP contribution in [0.4, 0.5) is 0 Å². The summed E-state index contributed by atoms with van der Waals surface area (Å²) >= 11 is 0. The molecule has 1 aromatic rings. The van der Waals surface area contributed by atoms with Crippen LogP contribution in [0.2, 0.25) is 0 Å². The van der Waals surface area contributed by atoms with Crippen molar-refractivity contribution in [1.82, 2.24) is 14.5 Å². The van der Waals surface area contributed by atoms with E-state index in [0.29, 0.717) is 17.9 Å². The summed E-state index contributed by atoms with van der Waals surface area (Å²) in [6.07, 6.45) is 2.69. The van der Waals surface area contributed by atoms with E-state index in [4.69, 9.17) is 5.73 Å². The number of hydrogen-bond acceptors (Lipinski definition) is 4. The molecule has 1 fully saturated rings. The van der Waals surface area contributed by atoms with Crippen LogP contribution in [0, 0.1) is 13.8 Å². The molecule has 7 heteroatoms. The normalized spacial score (nSPS) is 18.9. The molecule has 0 atom stereocenters. The Hall–Kier alpha value is -0.920. The Morgan fingerprint density at radius 2 is 2.06 bits per heavy atom. The van der Waals surface area contributed by atoms with Crippen LogP contribution in [-0.2, 0) is 10.0 Å². The van der Waals surface area contributed by atoms with Gasteiger partial charge in [0.15, 0.2) is 0 Å². The number of sulfonamides is 1. The van der Waals surface area contributed by atoms with E-state index in [1.807, 2.05) is 0 Å². The molecule has 0 spiro atoms. The zero-order chi connectivity index (χ0) is 13.6. The van der Waals surface area contributed by atoms with Crippen molar-refractivity contribution in [2.75, 3.05) is 13.6 Å². The van der Waals surface area contributed by atoms with Crippen LogP contribution in [0.3, 0.4) is 0 Å². The lowest BCUT2D eigenvalue weighted by molar-refractivity contribution is 0.116. The van der Waals surface area contributed by atoms with E-state index >= 15 is 0 Å². The van der Waals surface area contributed by atoms with Crippen molar-refractivity contribution in [3.8, 4) is 0 Å². The summed E-state index contributed by atoms with van der Waals surface area (Å²) in [7, 11) is -1.91.